The van der Waals surface area contributed by atoms with E-state index in [0.29, 0.717) is 5.82 Å². The van der Waals surface area contributed by atoms with Gasteiger partial charge in [-0.15, -0.1) is 0 Å². The lowest BCUT2D eigenvalue weighted by Crippen LogP contribution is -2.44. The summed E-state index contributed by atoms with van der Waals surface area (Å²) >= 11 is 0. The van der Waals surface area contributed by atoms with Crippen molar-refractivity contribution >= 4 is 0 Å². The Balaban J connectivity index is 2.72. The van der Waals surface area contributed by atoms with E-state index in [9.17, 15) is 13.2 Å². The van der Waals surface area contributed by atoms with Gasteiger partial charge in [0.2, 0.25) is 0 Å². The van der Waals surface area contributed by atoms with Crippen LogP contribution in [0.4, 0.5) is 13.2 Å². The van der Waals surface area contributed by atoms with Crippen molar-refractivity contribution in [3.63, 3.8) is 0 Å². The number of hydrogen-bond acceptors (Lipinski definition) is 3. The highest BCUT2D eigenvalue weighted by atomic mass is 19.4. The number of halogens is 3. The lowest BCUT2D eigenvalue weighted by Gasteiger charge is -2.29. The number of alkyl halides is 3. The highest BCUT2D eigenvalue weighted by Crippen LogP contribution is 2.26. The maximum atomic E-state index is 12.8. The monoisotopic (exact) mass is 250 g/mol. The molecule has 0 spiro atoms. The van der Waals surface area contributed by atoms with Crippen LogP contribution in [0.1, 0.15) is 12.2 Å². The first-order chi connectivity index (χ1) is 7.86. The molecule has 0 saturated heterocycles. The predicted molar refractivity (Wildman–Crippen MR) is 58.2 cm³/mol. The van der Waals surface area contributed by atoms with Gasteiger partial charge in [0.25, 0.3) is 0 Å². The Kier molecular flexibility index (Phi) is 4.53. The van der Waals surface area contributed by atoms with Gasteiger partial charge in [-0.1, -0.05) is 0 Å². The third-order valence-electron chi connectivity index (χ3n) is 2.66. The normalized spacial score (nSPS) is 14.3. The molecule has 0 saturated carbocycles. The molecule has 0 aromatic carbocycles. The molecule has 0 radical (unpaired) electrons. The van der Waals surface area contributed by atoms with Gasteiger partial charge >= 0.3 is 6.18 Å². The van der Waals surface area contributed by atoms with E-state index < -0.39 is 12.2 Å². The van der Waals surface area contributed by atoms with Crippen LogP contribution in [0.25, 0.3) is 0 Å². The quantitative estimate of drug-likeness (QED) is 0.852. The highest BCUT2D eigenvalue weighted by molar-refractivity contribution is 4.92. The maximum absolute atomic E-state index is 12.8. The van der Waals surface area contributed by atoms with Crippen LogP contribution in [0.2, 0.25) is 0 Å². The Morgan fingerprint density at radius 2 is 2.18 bits per heavy atom. The summed E-state index contributed by atoms with van der Waals surface area (Å²) in [6.07, 6.45) is -1.10. The number of rotatable bonds is 5. The van der Waals surface area contributed by atoms with Gasteiger partial charge in [0.05, 0.1) is 6.54 Å². The van der Waals surface area contributed by atoms with Crippen LogP contribution < -0.4 is 5.73 Å². The van der Waals surface area contributed by atoms with E-state index in [4.69, 9.17) is 5.73 Å². The third kappa shape index (κ3) is 3.71. The molecule has 0 aliphatic carbocycles. The Bertz CT molecular complexity index is 348. The molecule has 0 aliphatic heterocycles. The second-order valence-corrected chi connectivity index (χ2v) is 4.00. The third-order valence-corrected chi connectivity index (χ3v) is 2.66. The largest absolute Gasteiger partial charge is 0.404 e. The van der Waals surface area contributed by atoms with E-state index in [0.717, 1.165) is 0 Å². The molecule has 2 N–H and O–H groups in total. The standard InChI is InChI=1S/C10H17F3N4/c1-16-6-5-15-9(16)7-17(2)8(3-4-14)10(11,12)13/h5-6,8H,3-4,7,14H2,1-2H3. The summed E-state index contributed by atoms with van der Waals surface area (Å²) in [5.41, 5.74) is 5.22. The average Bonchev–Trinajstić information content (AvgIpc) is 2.59. The fourth-order valence-corrected chi connectivity index (χ4v) is 1.67. The van der Waals surface area contributed by atoms with E-state index in [2.05, 4.69) is 4.98 Å². The van der Waals surface area contributed by atoms with E-state index in [-0.39, 0.29) is 19.5 Å². The fraction of sp³-hybridized carbons (Fsp3) is 0.700. The number of aryl methyl sites for hydroxylation is 1. The van der Waals surface area contributed by atoms with Crippen molar-refractivity contribution in [3.05, 3.63) is 18.2 Å². The average molecular weight is 250 g/mol. The second kappa shape index (κ2) is 5.50. The Morgan fingerprint density at radius 1 is 1.53 bits per heavy atom. The number of aromatic nitrogens is 2. The van der Waals surface area contributed by atoms with Gasteiger partial charge in [-0.25, -0.2) is 4.98 Å². The van der Waals surface area contributed by atoms with Crippen molar-refractivity contribution in [1.29, 1.82) is 0 Å². The number of nitrogens with two attached hydrogens (primary N) is 1. The first-order valence-electron chi connectivity index (χ1n) is 5.29. The highest BCUT2D eigenvalue weighted by Gasteiger charge is 2.41. The van der Waals surface area contributed by atoms with Crippen LogP contribution in [0.15, 0.2) is 12.4 Å². The zero-order valence-electron chi connectivity index (χ0n) is 9.91. The van der Waals surface area contributed by atoms with Gasteiger partial charge in [-0.05, 0) is 20.0 Å². The fourth-order valence-electron chi connectivity index (χ4n) is 1.67. The van der Waals surface area contributed by atoms with Crippen LogP contribution in [-0.2, 0) is 13.6 Å². The smallest absolute Gasteiger partial charge is 0.337 e. The van der Waals surface area contributed by atoms with Crippen molar-refractivity contribution < 1.29 is 13.2 Å². The van der Waals surface area contributed by atoms with E-state index in [1.807, 2.05) is 0 Å². The summed E-state index contributed by atoms with van der Waals surface area (Å²) in [7, 11) is 3.18. The Labute approximate surface area is 98.2 Å². The van der Waals surface area contributed by atoms with E-state index in [1.165, 1.54) is 11.9 Å². The zero-order chi connectivity index (χ0) is 13.1. The molecule has 1 heterocycles. The first-order valence-corrected chi connectivity index (χ1v) is 5.29. The molecule has 1 unspecified atom stereocenters. The van der Waals surface area contributed by atoms with Crippen LogP contribution in [0.5, 0.6) is 0 Å². The van der Waals surface area contributed by atoms with Gasteiger partial charge < -0.3 is 10.3 Å². The number of nitrogens with zero attached hydrogens (tertiary/aromatic N) is 3. The Morgan fingerprint density at radius 3 is 2.59 bits per heavy atom. The van der Waals surface area contributed by atoms with Gasteiger partial charge in [-0.3, -0.25) is 4.90 Å². The molecule has 17 heavy (non-hydrogen) atoms. The van der Waals surface area contributed by atoms with Crippen molar-refractivity contribution in [3.8, 4) is 0 Å². The molecule has 0 aliphatic rings. The zero-order valence-corrected chi connectivity index (χ0v) is 9.91. The lowest BCUT2D eigenvalue weighted by molar-refractivity contribution is -0.183. The summed E-state index contributed by atoms with van der Waals surface area (Å²) in [4.78, 5) is 5.23. The molecule has 0 amide bonds. The summed E-state index contributed by atoms with van der Waals surface area (Å²) in [5.74, 6) is 0.596. The lowest BCUT2D eigenvalue weighted by atomic mass is 10.1. The SMILES string of the molecule is CN(Cc1nccn1C)C(CCN)C(F)(F)F. The molecular formula is C10H17F3N4. The Hall–Kier alpha value is -1.08. The molecule has 1 aromatic rings. The van der Waals surface area contributed by atoms with Crippen molar-refractivity contribution in [2.45, 2.75) is 25.2 Å². The maximum Gasteiger partial charge on any atom is 0.404 e. The van der Waals surface area contributed by atoms with E-state index in [1.54, 1.807) is 24.0 Å². The van der Waals surface area contributed by atoms with Crippen LogP contribution in [0.3, 0.4) is 0 Å². The summed E-state index contributed by atoms with van der Waals surface area (Å²) in [6.45, 7) is 0.156. The second-order valence-electron chi connectivity index (χ2n) is 4.00. The van der Waals surface area contributed by atoms with Gasteiger partial charge in [0.1, 0.15) is 11.9 Å². The summed E-state index contributed by atoms with van der Waals surface area (Å²) < 4.78 is 40.0. The summed E-state index contributed by atoms with van der Waals surface area (Å²) in [6, 6.07) is -1.52. The molecule has 1 atom stereocenters. The van der Waals surface area contributed by atoms with Crippen molar-refractivity contribution in [2.75, 3.05) is 13.6 Å². The topological polar surface area (TPSA) is 47.1 Å². The van der Waals surface area contributed by atoms with Gasteiger partial charge in [-0.2, -0.15) is 13.2 Å². The number of hydrogen-bond donors (Lipinski definition) is 1. The molecule has 1 rings (SSSR count). The molecule has 0 bridgehead atoms. The minimum atomic E-state index is -4.26. The van der Waals surface area contributed by atoms with Crippen LogP contribution >= 0.6 is 0 Å². The minimum absolute atomic E-state index is 0.00901. The van der Waals surface area contributed by atoms with Crippen molar-refractivity contribution in [2.24, 2.45) is 12.8 Å². The number of imidazole rings is 1. The summed E-state index contributed by atoms with van der Waals surface area (Å²) in [5, 5.41) is 0. The molecule has 0 fully saturated rings. The molecular weight excluding hydrogens is 233 g/mol. The van der Waals surface area contributed by atoms with E-state index >= 15 is 0 Å². The van der Waals surface area contributed by atoms with Crippen LogP contribution in [0, 0.1) is 0 Å². The minimum Gasteiger partial charge on any atom is -0.337 e. The molecule has 98 valence electrons. The molecule has 7 heteroatoms. The molecule has 4 nitrogen and oxygen atoms in total. The molecule has 1 aromatic heterocycles. The predicted octanol–water partition coefficient (Wildman–Crippen LogP) is 1.13. The van der Waals surface area contributed by atoms with Gasteiger partial charge in [0, 0.05) is 19.4 Å². The van der Waals surface area contributed by atoms with Crippen molar-refractivity contribution in [1.82, 2.24) is 14.5 Å². The van der Waals surface area contributed by atoms with Gasteiger partial charge in [0.15, 0.2) is 0 Å². The van der Waals surface area contributed by atoms with Crippen LogP contribution in [-0.4, -0.2) is 40.3 Å². The first kappa shape index (κ1) is 14.0.